The monoisotopic (exact) mass is 391 g/mol. The molecule has 3 aliphatic rings. The van der Waals surface area contributed by atoms with Crippen molar-refractivity contribution >= 4 is 27.7 Å². The Kier molecular flexibility index (Phi) is 4.41. The zero-order valence-corrected chi connectivity index (χ0v) is 15.7. The molecule has 2 aliphatic heterocycles. The quantitative estimate of drug-likeness (QED) is 0.762. The fraction of sp³-hybridized carbons (Fsp3) is 0.500. The van der Waals surface area contributed by atoms with Gasteiger partial charge < -0.3 is 15.0 Å². The van der Waals surface area contributed by atoms with E-state index in [9.17, 15) is 18.0 Å². The molecule has 1 aliphatic carbocycles. The van der Waals surface area contributed by atoms with Gasteiger partial charge in [-0.3, -0.25) is 4.79 Å². The van der Waals surface area contributed by atoms with Crippen LogP contribution in [0.5, 0.6) is 0 Å². The summed E-state index contributed by atoms with van der Waals surface area (Å²) >= 11 is 0. The van der Waals surface area contributed by atoms with Crippen LogP contribution in [0.3, 0.4) is 0 Å². The van der Waals surface area contributed by atoms with Crippen LogP contribution in [-0.4, -0.2) is 55.8 Å². The average Bonchev–Trinajstić information content (AvgIpc) is 3.23. The molecule has 0 radical (unpaired) electrons. The lowest BCUT2D eigenvalue weighted by Crippen LogP contribution is -2.44. The number of fused-ring (bicyclic) bond motifs is 1. The van der Waals surface area contributed by atoms with E-state index in [0.717, 1.165) is 12.8 Å². The number of amidine groups is 1. The number of carbonyl (C=O) groups excluding carboxylic acids is 2. The molecule has 4 rings (SSSR count). The van der Waals surface area contributed by atoms with Crippen LogP contribution in [0, 0.1) is 0 Å². The molecule has 0 aromatic heterocycles. The van der Waals surface area contributed by atoms with E-state index in [2.05, 4.69) is 9.71 Å². The lowest BCUT2D eigenvalue weighted by atomic mass is 10.1. The Labute approximate surface area is 157 Å². The van der Waals surface area contributed by atoms with Crippen molar-refractivity contribution in [3.05, 3.63) is 29.8 Å². The molecule has 2 heterocycles. The van der Waals surface area contributed by atoms with Crippen molar-refractivity contribution < 1.29 is 22.7 Å². The minimum atomic E-state index is -3.75. The summed E-state index contributed by atoms with van der Waals surface area (Å²) in [6.07, 6.45) is 2.26. The van der Waals surface area contributed by atoms with Crippen LogP contribution in [0.2, 0.25) is 0 Å². The highest BCUT2D eigenvalue weighted by molar-refractivity contribution is 7.90. The molecule has 27 heavy (non-hydrogen) atoms. The Balaban J connectivity index is 1.51. The lowest BCUT2D eigenvalue weighted by molar-refractivity contribution is -0.158. The Morgan fingerprint density at radius 3 is 2.74 bits per heavy atom. The van der Waals surface area contributed by atoms with E-state index in [1.165, 1.54) is 6.07 Å². The molecule has 0 bridgehead atoms. The van der Waals surface area contributed by atoms with E-state index in [1.807, 2.05) is 0 Å². The molecule has 1 aromatic rings. The van der Waals surface area contributed by atoms with Gasteiger partial charge in [0.05, 0.1) is 0 Å². The third-order valence-electron chi connectivity index (χ3n) is 5.00. The highest BCUT2D eigenvalue weighted by Crippen LogP contribution is 2.31. The number of amides is 1. The predicted molar refractivity (Wildman–Crippen MR) is 96.6 cm³/mol. The molecule has 1 saturated heterocycles. The van der Waals surface area contributed by atoms with E-state index in [1.54, 1.807) is 30.0 Å². The van der Waals surface area contributed by atoms with Gasteiger partial charge in [-0.15, -0.1) is 4.40 Å². The molecular weight excluding hydrogens is 370 g/mol. The highest BCUT2D eigenvalue weighted by atomic mass is 32.2. The Bertz CT molecular complexity index is 923. The third kappa shape index (κ3) is 3.43. The number of rotatable bonds is 4. The third-order valence-corrected chi connectivity index (χ3v) is 6.32. The maximum absolute atomic E-state index is 12.7. The van der Waals surface area contributed by atoms with Crippen molar-refractivity contribution in [1.82, 2.24) is 10.2 Å². The van der Waals surface area contributed by atoms with E-state index >= 15 is 0 Å². The molecule has 2 atom stereocenters. The van der Waals surface area contributed by atoms with E-state index < -0.39 is 28.1 Å². The summed E-state index contributed by atoms with van der Waals surface area (Å²) in [7, 11) is -3.75. The predicted octanol–water partition coefficient (Wildman–Crippen LogP) is 0.810. The molecular formula is C18H21N3O5S. The number of hydrogen-bond donors (Lipinski definition) is 1. The summed E-state index contributed by atoms with van der Waals surface area (Å²) < 4.78 is 33.8. The summed E-state index contributed by atoms with van der Waals surface area (Å²) in [5.74, 6) is -0.558. The van der Waals surface area contributed by atoms with Crippen LogP contribution < -0.4 is 5.32 Å². The van der Waals surface area contributed by atoms with E-state index in [-0.39, 0.29) is 22.7 Å². The number of ether oxygens (including phenoxy) is 1. The lowest BCUT2D eigenvalue weighted by Gasteiger charge is -2.26. The van der Waals surface area contributed by atoms with Crippen molar-refractivity contribution in [2.24, 2.45) is 4.40 Å². The number of benzene rings is 1. The van der Waals surface area contributed by atoms with Crippen LogP contribution in [0.15, 0.2) is 33.6 Å². The van der Waals surface area contributed by atoms with Gasteiger partial charge >= 0.3 is 5.97 Å². The van der Waals surface area contributed by atoms with Gasteiger partial charge in [-0.25, -0.2) is 4.79 Å². The second-order valence-corrected chi connectivity index (χ2v) is 8.67. The average molecular weight is 391 g/mol. The summed E-state index contributed by atoms with van der Waals surface area (Å²) in [6.45, 7) is 2.05. The summed E-state index contributed by atoms with van der Waals surface area (Å²) in [5, 5.41) is 2.81. The molecule has 0 spiro atoms. The van der Waals surface area contributed by atoms with Gasteiger partial charge in [0.15, 0.2) is 11.9 Å². The maximum Gasteiger partial charge on any atom is 0.329 e. The fourth-order valence-electron chi connectivity index (χ4n) is 3.41. The molecule has 1 amide bonds. The number of nitrogens with zero attached hydrogens (tertiary/aromatic N) is 2. The first-order valence-electron chi connectivity index (χ1n) is 9.09. The molecule has 2 fully saturated rings. The number of carbonyl (C=O) groups is 2. The molecule has 0 unspecified atom stereocenters. The molecule has 144 valence electrons. The van der Waals surface area contributed by atoms with Gasteiger partial charge in [-0.2, -0.15) is 8.42 Å². The van der Waals surface area contributed by atoms with Crippen LogP contribution in [-0.2, 0) is 24.3 Å². The highest BCUT2D eigenvalue weighted by Gasteiger charge is 2.40. The van der Waals surface area contributed by atoms with Crippen molar-refractivity contribution in [2.45, 2.75) is 55.7 Å². The van der Waals surface area contributed by atoms with Crippen molar-refractivity contribution in [2.75, 3.05) is 6.54 Å². The first-order chi connectivity index (χ1) is 12.9. The van der Waals surface area contributed by atoms with Crippen LogP contribution in [0.1, 0.15) is 38.2 Å². The minimum absolute atomic E-state index is 0.149. The standard InChI is InChI=1S/C18H21N3O5S/c1-11(17(22)19-12-8-9-12)26-18(23)14-6-4-10-21(14)16-13-5-2-3-7-15(13)27(24,25)20-16/h2-3,5,7,11-12,14H,4,6,8-10H2,1H3,(H,19,22)/t11-,14-/m0/s1. The van der Waals surface area contributed by atoms with Crippen molar-refractivity contribution in [1.29, 1.82) is 0 Å². The number of nitrogens with one attached hydrogen (secondary N) is 1. The number of esters is 1. The summed E-state index contributed by atoms with van der Waals surface area (Å²) in [6, 6.07) is 6.12. The van der Waals surface area contributed by atoms with E-state index in [4.69, 9.17) is 4.74 Å². The number of sulfonamides is 1. The summed E-state index contributed by atoms with van der Waals surface area (Å²) in [4.78, 5) is 26.5. The van der Waals surface area contributed by atoms with Gasteiger partial charge in [0.1, 0.15) is 10.9 Å². The smallest absolute Gasteiger partial charge is 0.329 e. The van der Waals surface area contributed by atoms with Gasteiger partial charge in [-0.1, -0.05) is 12.1 Å². The van der Waals surface area contributed by atoms with E-state index in [0.29, 0.717) is 24.9 Å². The van der Waals surface area contributed by atoms with Crippen LogP contribution >= 0.6 is 0 Å². The van der Waals surface area contributed by atoms with Gasteiger partial charge in [-0.05, 0) is 44.7 Å². The largest absolute Gasteiger partial charge is 0.451 e. The zero-order valence-electron chi connectivity index (χ0n) is 14.9. The Morgan fingerprint density at radius 1 is 1.26 bits per heavy atom. The molecule has 8 nitrogen and oxygen atoms in total. The first-order valence-corrected chi connectivity index (χ1v) is 10.5. The van der Waals surface area contributed by atoms with Crippen molar-refractivity contribution in [3.63, 3.8) is 0 Å². The topological polar surface area (TPSA) is 105 Å². The van der Waals surface area contributed by atoms with Crippen molar-refractivity contribution in [3.8, 4) is 0 Å². The normalized spacial score (nSPS) is 24.1. The van der Waals surface area contributed by atoms with Gasteiger partial charge in [0, 0.05) is 18.2 Å². The zero-order chi connectivity index (χ0) is 19.2. The fourth-order valence-corrected chi connectivity index (χ4v) is 4.63. The Morgan fingerprint density at radius 2 is 2.00 bits per heavy atom. The van der Waals surface area contributed by atoms with Gasteiger partial charge in [0.25, 0.3) is 15.9 Å². The maximum atomic E-state index is 12.7. The Hall–Kier alpha value is -2.42. The second-order valence-electron chi connectivity index (χ2n) is 7.10. The number of hydrogen-bond acceptors (Lipinski definition) is 6. The molecule has 1 saturated carbocycles. The first kappa shape index (κ1) is 18.0. The number of likely N-dealkylation sites (tertiary alicyclic amines) is 1. The van der Waals surface area contributed by atoms with Gasteiger partial charge in [0.2, 0.25) is 0 Å². The summed E-state index contributed by atoms with van der Waals surface area (Å²) in [5.41, 5.74) is 0.497. The molecule has 1 N–H and O–H groups in total. The minimum Gasteiger partial charge on any atom is -0.451 e. The molecule has 9 heteroatoms. The van der Waals surface area contributed by atoms with Crippen LogP contribution in [0.4, 0.5) is 0 Å². The second kappa shape index (κ2) is 6.63. The molecule has 1 aromatic carbocycles. The van der Waals surface area contributed by atoms with Crippen LogP contribution in [0.25, 0.3) is 0 Å². The SMILES string of the molecule is C[C@H](OC(=O)[C@@H]1CCCN1C1=NS(=O)(=O)c2ccccc21)C(=O)NC1CC1.